The summed E-state index contributed by atoms with van der Waals surface area (Å²) in [5.74, 6) is 0.429. The van der Waals surface area contributed by atoms with E-state index in [-0.39, 0.29) is 12.0 Å². The van der Waals surface area contributed by atoms with Crippen LogP contribution in [0.1, 0.15) is 23.2 Å². The lowest BCUT2D eigenvalue weighted by atomic mass is 10.2. The second-order valence-electron chi connectivity index (χ2n) is 5.83. The van der Waals surface area contributed by atoms with Crippen LogP contribution in [0.15, 0.2) is 41.1 Å². The lowest BCUT2D eigenvalue weighted by Crippen LogP contribution is -2.49. The molecule has 0 aromatic carbocycles. The average Bonchev–Trinajstić information content (AvgIpc) is 3.20. The molecule has 0 radical (unpaired) electrons. The standard InChI is InChI=1S/C18H22N4O4/c1-2-25-18(24)22-9-7-21(8-10-22)14-5-6-19-16(12-14)17(23)20-13-15-4-3-11-26-15/h3-6,11-12H,2,7-10,13H2,1H3,(H,20,23). The average molecular weight is 358 g/mol. The monoisotopic (exact) mass is 358 g/mol. The van der Waals surface area contributed by atoms with E-state index in [1.807, 2.05) is 6.07 Å². The van der Waals surface area contributed by atoms with E-state index in [2.05, 4.69) is 15.2 Å². The summed E-state index contributed by atoms with van der Waals surface area (Å²) in [6, 6.07) is 7.20. The van der Waals surface area contributed by atoms with Gasteiger partial charge in [-0.25, -0.2) is 4.79 Å². The van der Waals surface area contributed by atoms with Gasteiger partial charge in [-0.2, -0.15) is 0 Å². The quantitative estimate of drug-likeness (QED) is 0.878. The van der Waals surface area contributed by atoms with Crippen molar-refractivity contribution in [3.63, 3.8) is 0 Å². The molecule has 138 valence electrons. The van der Waals surface area contributed by atoms with Gasteiger partial charge in [0.05, 0.1) is 19.4 Å². The highest BCUT2D eigenvalue weighted by Gasteiger charge is 2.22. The summed E-state index contributed by atoms with van der Waals surface area (Å²) in [7, 11) is 0. The van der Waals surface area contributed by atoms with Crippen molar-refractivity contribution in [1.29, 1.82) is 0 Å². The van der Waals surface area contributed by atoms with Gasteiger partial charge in [0.1, 0.15) is 11.5 Å². The van der Waals surface area contributed by atoms with Gasteiger partial charge in [0.25, 0.3) is 5.91 Å². The molecule has 1 saturated heterocycles. The van der Waals surface area contributed by atoms with Gasteiger partial charge in [-0.05, 0) is 31.2 Å². The Labute approximate surface area is 151 Å². The molecule has 0 aliphatic carbocycles. The van der Waals surface area contributed by atoms with Crippen molar-refractivity contribution in [1.82, 2.24) is 15.2 Å². The van der Waals surface area contributed by atoms with Crippen LogP contribution in [-0.2, 0) is 11.3 Å². The molecule has 2 aromatic heterocycles. The molecule has 26 heavy (non-hydrogen) atoms. The molecule has 1 aliphatic rings. The predicted octanol–water partition coefficient (Wildman–Crippen LogP) is 1.88. The number of rotatable bonds is 5. The Bertz CT molecular complexity index is 739. The Morgan fingerprint density at radius 2 is 2.08 bits per heavy atom. The summed E-state index contributed by atoms with van der Waals surface area (Å²) in [6.07, 6.45) is 2.91. The molecule has 0 saturated carbocycles. The largest absolute Gasteiger partial charge is 0.467 e. The van der Waals surface area contributed by atoms with Gasteiger partial charge >= 0.3 is 6.09 Å². The molecule has 0 spiro atoms. The van der Waals surface area contributed by atoms with E-state index >= 15 is 0 Å². The number of amides is 2. The topological polar surface area (TPSA) is 87.9 Å². The zero-order chi connectivity index (χ0) is 18.4. The van der Waals surface area contributed by atoms with Crippen molar-refractivity contribution in [3.8, 4) is 0 Å². The number of nitrogens with one attached hydrogen (secondary N) is 1. The fourth-order valence-electron chi connectivity index (χ4n) is 2.77. The smallest absolute Gasteiger partial charge is 0.409 e. The third kappa shape index (κ3) is 4.33. The van der Waals surface area contributed by atoms with E-state index in [0.29, 0.717) is 50.8 Å². The first-order valence-electron chi connectivity index (χ1n) is 8.60. The lowest BCUT2D eigenvalue weighted by molar-refractivity contribution is 0.0943. The minimum absolute atomic E-state index is 0.256. The van der Waals surface area contributed by atoms with Crippen molar-refractivity contribution in [2.75, 3.05) is 37.7 Å². The molecule has 8 nitrogen and oxygen atoms in total. The first-order chi connectivity index (χ1) is 12.7. The lowest BCUT2D eigenvalue weighted by Gasteiger charge is -2.35. The molecule has 2 aromatic rings. The summed E-state index contributed by atoms with van der Waals surface area (Å²) in [5.41, 5.74) is 1.26. The Balaban J connectivity index is 1.57. The molecule has 1 aliphatic heterocycles. The zero-order valence-electron chi connectivity index (χ0n) is 14.7. The van der Waals surface area contributed by atoms with Gasteiger partial charge in [-0.15, -0.1) is 0 Å². The second kappa shape index (κ2) is 8.37. The molecular weight excluding hydrogens is 336 g/mol. The number of pyridine rings is 1. The third-order valence-electron chi connectivity index (χ3n) is 4.15. The van der Waals surface area contributed by atoms with E-state index in [1.54, 1.807) is 42.5 Å². The third-order valence-corrected chi connectivity index (χ3v) is 4.15. The van der Waals surface area contributed by atoms with E-state index in [9.17, 15) is 9.59 Å². The van der Waals surface area contributed by atoms with E-state index < -0.39 is 0 Å². The highest BCUT2D eigenvalue weighted by atomic mass is 16.6. The molecular formula is C18H22N4O4. The van der Waals surface area contributed by atoms with Crippen LogP contribution in [0.25, 0.3) is 0 Å². The SMILES string of the molecule is CCOC(=O)N1CCN(c2ccnc(C(=O)NCc3ccco3)c2)CC1. The molecule has 0 atom stereocenters. The first kappa shape index (κ1) is 17.8. The van der Waals surface area contributed by atoms with Crippen LogP contribution in [0.2, 0.25) is 0 Å². The summed E-state index contributed by atoms with van der Waals surface area (Å²) in [6.45, 7) is 5.01. The molecule has 8 heteroatoms. The van der Waals surface area contributed by atoms with Gasteiger partial charge in [-0.3, -0.25) is 9.78 Å². The molecule has 2 amide bonds. The number of carbonyl (C=O) groups is 2. The van der Waals surface area contributed by atoms with Gasteiger partial charge in [0.15, 0.2) is 0 Å². The van der Waals surface area contributed by atoms with Crippen molar-refractivity contribution < 1.29 is 18.7 Å². The number of piperazine rings is 1. The fraction of sp³-hybridized carbons (Fsp3) is 0.389. The Morgan fingerprint density at radius 1 is 1.27 bits per heavy atom. The van der Waals surface area contributed by atoms with E-state index in [4.69, 9.17) is 9.15 Å². The molecule has 1 N–H and O–H groups in total. The highest BCUT2D eigenvalue weighted by molar-refractivity contribution is 5.93. The summed E-state index contributed by atoms with van der Waals surface area (Å²) in [4.78, 5) is 32.0. The van der Waals surface area contributed by atoms with Crippen LogP contribution in [0.3, 0.4) is 0 Å². The highest BCUT2D eigenvalue weighted by Crippen LogP contribution is 2.17. The first-order valence-corrected chi connectivity index (χ1v) is 8.60. The van der Waals surface area contributed by atoms with E-state index in [1.165, 1.54) is 0 Å². The van der Waals surface area contributed by atoms with E-state index in [0.717, 1.165) is 5.69 Å². The molecule has 3 heterocycles. The normalized spacial score (nSPS) is 14.2. The maximum absolute atomic E-state index is 12.3. The van der Waals surface area contributed by atoms with Crippen LogP contribution in [0, 0.1) is 0 Å². The van der Waals surface area contributed by atoms with Crippen LogP contribution < -0.4 is 10.2 Å². The maximum Gasteiger partial charge on any atom is 0.409 e. The minimum atomic E-state index is -0.278. The minimum Gasteiger partial charge on any atom is -0.467 e. The van der Waals surface area contributed by atoms with Crippen molar-refractivity contribution in [2.45, 2.75) is 13.5 Å². The Hall–Kier alpha value is -3.03. The zero-order valence-corrected chi connectivity index (χ0v) is 14.7. The van der Waals surface area contributed by atoms with Crippen molar-refractivity contribution >= 4 is 17.7 Å². The van der Waals surface area contributed by atoms with Gasteiger partial charge in [-0.1, -0.05) is 0 Å². The van der Waals surface area contributed by atoms with Gasteiger partial charge < -0.3 is 24.3 Å². The molecule has 1 fully saturated rings. The number of aromatic nitrogens is 1. The van der Waals surface area contributed by atoms with Crippen LogP contribution in [0.4, 0.5) is 10.5 Å². The molecule has 0 unspecified atom stereocenters. The molecule has 3 rings (SSSR count). The summed E-state index contributed by atoms with van der Waals surface area (Å²) < 4.78 is 10.2. The van der Waals surface area contributed by atoms with Gasteiger partial charge in [0.2, 0.25) is 0 Å². The second-order valence-corrected chi connectivity index (χ2v) is 5.83. The number of ether oxygens (including phenoxy) is 1. The maximum atomic E-state index is 12.3. The summed E-state index contributed by atoms with van der Waals surface area (Å²) in [5, 5.41) is 2.78. The van der Waals surface area contributed by atoms with Gasteiger partial charge in [0, 0.05) is 38.1 Å². The molecule has 0 bridgehead atoms. The number of furan rings is 1. The van der Waals surface area contributed by atoms with Crippen molar-refractivity contribution in [2.24, 2.45) is 0 Å². The number of nitrogens with zero attached hydrogens (tertiary/aromatic N) is 3. The summed E-state index contributed by atoms with van der Waals surface area (Å²) >= 11 is 0. The number of anilines is 1. The van der Waals surface area contributed by atoms with Crippen LogP contribution in [-0.4, -0.2) is 54.7 Å². The van der Waals surface area contributed by atoms with Crippen molar-refractivity contribution in [3.05, 3.63) is 48.2 Å². The fourth-order valence-corrected chi connectivity index (χ4v) is 2.77. The van der Waals surface area contributed by atoms with Crippen LogP contribution >= 0.6 is 0 Å². The number of hydrogen-bond donors (Lipinski definition) is 1. The number of carbonyl (C=O) groups excluding carboxylic acids is 2. The number of hydrogen-bond acceptors (Lipinski definition) is 6. The van der Waals surface area contributed by atoms with Crippen LogP contribution in [0.5, 0.6) is 0 Å². The predicted molar refractivity (Wildman–Crippen MR) is 94.9 cm³/mol. The Kier molecular flexibility index (Phi) is 5.73. The Morgan fingerprint density at radius 3 is 2.77 bits per heavy atom.